The van der Waals surface area contributed by atoms with E-state index in [1.165, 1.54) is 12.7 Å². The largest absolute Gasteiger partial charge is 0.395 e. The molecule has 7 rings (SSSR count). The van der Waals surface area contributed by atoms with Gasteiger partial charge >= 0.3 is 0 Å². The first-order valence-electron chi connectivity index (χ1n) is 10.7. The second kappa shape index (κ2) is 6.34. The lowest BCUT2D eigenvalue weighted by atomic mass is 9.50. The van der Waals surface area contributed by atoms with Crippen LogP contribution in [0.1, 0.15) is 48.9 Å². The predicted octanol–water partition coefficient (Wildman–Crippen LogP) is 1.49. The second-order valence-corrected chi connectivity index (χ2v) is 9.51. The number of imidazole rings is 1. The molecule has 4 aliphatic carbocycles. The molecule has 0 radical (unpaired) electrons. The summed E-state index contributed by atoms with van der Waals surface area (Å²) in [5.74, 6) is 1.14. The molecule has 4 atom stereocenters. The lowest BCUT2D eigenvalue weighted by Gasteiger charge is -2.61. The van der Waals surface area contributed by atoms with Crippen LogP contribution >= 0.6 is 0 Å². The third kappa shape index (κ3) is 2.68. The van der Waals surface area contributed by atoms with Crippen molar-refractivity contribution in [1.29, 1.82) is 0 Å². The van der Waals surface area contributed by atoms with E-state index < -0.39 is 0 Å². The average Bonchev–Trinajstić information content (AvgIpc) is 3.37. The Morgan fingerprint density at radius 3 is 2.80 bits per heavy atom. The highest BCUT2D eigenvalue weighted by Crippen LogP contribution is 2.60. The van der Waals surface area contributed by atoms with Gasteiger partial charge in [-0.05, 0) is 73.8 Å². The molecule has 4 saturated carbocycles. The van der Waals surface area contributed by atoms with Gasteiger partial charge in [0.25, 0.3) is 5.91 Å². The molecule has 2 N–H and O–H groups in total. The minimum atomic E-state index is -0.208. The number of nitrogens with one attached hydrogen (secondary N) is 1. The number of carbonyl (C=O) groups excluding carboxylic acids is 1. The Morgan fingerprint density at radius 2 is 2.07 bits per heavy atom. The lowest BCUT2D eigenvalue weighted by molar-refractivity contribution is -0.0810. The van der Waals surface area contributed by atoms with Gasteiger partial charge in [0, 0.05) is 17.6 Å². The number of benzene rings is 1. The Hall–Kier alpha value is -2.81. The summed E-state index contributed by atoms with van der Waals surface area (Å²) in [6.07, 6.45) is 9.52. The van der Waals surface area contributed by atoms with Crippen molar-refractivity contribution in [3.05, 3.63) is 36.4 Å². The van der Waals surface area contributed by atoms with E-state index >= 15 is 0 Å². The summed E-state index contributed by atoms with van der Waals surface area (Å²) in [6, 6.07) is 5.60. The fraction of sp³-hybridized carbons (Fsp3) is 0.571. The van der Waals surface area contributed by atoms with E-state index in [1.807, 2.05) is 27.6 Å². The van der Waals surface area contributed by atoms with Crippen LogP contribution in [0.2, 0.25) is 0 Å². The number of fused-ring (bicyclic) bond motifs is 1. The minimum absolute atomic E-state index is 0.0442. The van der Waals surface area contributed by atoms with Crippen LogP contribution in [-0.2, 0) is 12.1 Å². The normalized spacial score (nSPS) is 32.0. The van der Waals surface area contributed by atoms with Gasteiger partial charge in [-0.2, -0.15) is 4.80 Å². The number of tetrazole rings is 1. The first-order chi connectivity index (χ1) is 14.6. The Bertz CT molecular complexity index is 1090. The monoisotopic (exact) mass is 407 g/mol. The number of aromatic nitrogens is 6. The Balaban J connectivity index is 1.29. The molecule has 0 spiro atoms. The number of hydrogen-bond donors (Lipinski definition) is 2. The SMILES string of the molecule is O=C(NC12C[C@H]3C[C@@H](C1)CC(n1ncnn1)(C3)C2)c1ccc2c(c1)ncn2CCO. The van der Waals surface area contributed by atoms with Crippen molar-refractivity contribution in [2.24, 2.45) is 11.8 Å². The van der Waals surface area contributed by atoms with Crippen LogP contribution in [0.3, 0.4) is 0 Å². The van der Waals surface area contributed by atoms with Gasteiger partial charge in [0.15, 0.2) is 6.33 Å². The first-order valence-corrected chi connectivity index (χ1v) is 10.7. The van der Waals surface area contributed by atoms with Crippen LogP contribution in [0.5, 0.6) is 0 Å². The summed E-state index contributed by atoms with van der Waals surface area (Å²) in [6.45, 7) is 0.549. The standard InChI is InChI=1S/C21H25N7O2/c29-4-3-27-13-22-17-6-16(1-2-18(17)27)19(30)25-20-7-14-5-15(8-20)10-21(9-14,11-20)28-24-12-23-26-28/h1-2,6,12-15,29H,3-5,7-11H2,(H,25,30)/t14-,15+,20?,21?. The van der Waals surface area contributed by atoms with Gasteiger partial charge in [0.05, 0.1) is 29.5 Å². The van der Waals surface area contributed by atoms with E-state index in [0.29, 0.717) is 23.9 Å². The van der Waals surface area contributed by atoms with Crippen LogP contribution in [0.4, 0.5) is 0 Å². The number of amides is 1. The molecule has 2 aromatic heterocycles. The predicted molar refractivity (Wildman–Crippen MR) is 107 cm³/mol. The Labute approximate surface area is 173 Å². The minimum Gasteiger partial charge on any atom is -0.395 e. The van der Waals surface area contributed by atoms with Crippen molar-refractivity contribution >= 4 is 16.9 Å². The van der Waals surface area contributed by atoms with Gasteiger partial charge in [-0.1, -0.05) is 0 Å². The van der Waals surface area contributed by atoms with Gasteiger partial charge in [0.2, 0.25) is 0 Å². The van der Waals surface area contributed by atoms with Gasteiger partial charge < -0.3 is 15.0 Å². The first kappa shape index (κ1) is 18.0. The van der Waals surface area contributed by atoms with E-state index in [-0.39, 0.29) is 23.6 Å². The number of carbonyl (C=O) groups is 1. The van der Waals surface area contributed by atoms with Gasteiger partial charge in [-0.25, -0.2) is 4.98 Å². The van der Waals surface area contributed by atoms with Crippen LogP contribution in [0.15, 0.2) is 30.9 Å². The van der Waals surface area contributed by atoms with Crippen molar-refractivity contribution in [1.82, 2.24) is 35.1 Å². The third-order valence-corrected chi connectivity index (χ3v) is 7.41. The van der Waals surface area contributed by atoms with Crippen molar-refractivity contribution in [2.75, 3.05) is 6.61 Å². The van der Waals surface area contributed by atoms with E-state index in [0.717, 1.165) is 43.1 Å². The highest BCUT2D eigenvalue weighted by molar-refractivity contribution is 5.97. The van der Waals surface area contributed by atoms with E-state index in [4.69, 9.17) is 0 Å². The van der Waals surface area contributed by atoms with Gasteiger partial charge in [0.1, 0.15) is 0 Å². The van der Waals surface area contributed by atoms with Crippen LogP contribution in [0.25, 0.3) is 11.0 Å². The average molecular weight is 407 g/mol. The summed E-state index contributed by atoms with van der Waals surface area (Å²) in [4.78, 5) is 19.5. The zero-order valence-electron chi connectivity index (χ0n) is 16.7. The molecule has 4 fully saturated rings. The number of hydrogen-bond acceptors (Lipinski definition) is 6. The maximum Gasteiger partial charge on any atom is 0.251 e. The fourth-order valence-electron chi connectivity index (χ4n) is 6.78. The fourth-order valence-corrected chi connectivity index (χ4v) is 6.78. The molecule has 156 valence electrons. The van der Waals surface area contributed by atoms with E-state index in [9.17, 15) is 9.90 Å². The molecule has 4 bridgehead atoms. The molecule has 9 nitrogen and oxygen atoms in total. The summed E-state index contributed by atoms with van der Waals surface area (Å²) in [5.41, 5.74) is 1.98. The molecule has 4 aliphatic rings. The second-order valence-electron chi connectivity index (χ2n) is 9.51. The molecular weight excluding hydrogens is 382 g/mol. The smallest absolute Gasteiger partial charge is 0.251 e. The number of aliphatic hydroxyl groups excluding tert-OH is 1. The Morgan fingerprint density at radius 1 is 1.23 bits per heavy atom. The van der Waals surface area contributed by atoms with E-state index in [1.54, 1.807) is 6.33 Å². The zero-order chi connectivity index (χ0) is 20.3. The zero-order valence-corrected chi connectivity index (χ0v) is 16.7. The summed E-state index contributed by atoms with van der Waals surface area (Å²) in [5, 5.41) is 25.2. The molecular formula is C21H25N7O2. The maximum absolute atomic E-state index is 13.3. The highest BCUT2D eigenvalue weighted by atomic mass is 16.3. The number of nitrogens with zero attached hydrogens (tertiary/aromatic N) is 6. The van der Waals surface area contributed by atoms with Crippen molar-refractivity contribution in [2.45, 2.75) is 56.1 Å². The van der Waals surface area contributed by atoms with E-state index in [2.05, 4.69) is 25.7 Å². The number of rotatable bonds is 5. The highest BCUT2D eigenvalue weighted by Gasteiger charge is 2.60. The van der Waals surface area contributed by atoms with Gasteiger partial charge in [-0.15, -0.1) is 10.2 Å². The van der Waals surface area contributed by atoms with Crippen molar-refractivity contribution < 1.29 is 9.90 Å². The topological polar surface area (TPSA) is 111 Å². The van der Waals surface area contributed by atoms with Crippen LogP contribution in [0, 0.1) is 11.8 Å². The molecule has 2 unspecified atom stereocenters. The summed E-state index contributed by atoms with van der Waals surface area (Å²) >= 11 is 0. The molecule has 1 amide bonds. The molecule has 30 heavy (non-hydrogen) atoms. The van der Waals surface area contributed by atoms with Crippen LogP contribution in [-0.4, -0.2) is 52.9 Å². The molecule has 0 saturated heterocycles. The lowest BCUT2D eigenvalue weighted by Crippen LogP contribution is -2.66. The molecule has 1 aromatic carbocycles. The summed E-state index contributed by atoms with van der Waals surface area (Å²) < 4.78 is 1.89. The quantitative estimate of drug-likeness (QED) is 0.663. The van der Waals surface area contributed by atoms with Crippen molar-refractivity contribution in [3.8, 4) is 0 Å². The molecule has 0 aliphatic heterocycles. The Kier molecular flexibility index (Phi) is 3.80. The molecule has 3 aromatic rings. The molecule has 9 heteroatoms. The number of aliphatic hydroxyl groups is 1. The summed E-state index contributed by atoms with van der Waals surface area (Å²) in [7, 11) is 0. The third-order valence-electron chi connectivity index (χ3n) is 7.41. The van der Waals surface area contributed by atoms with Crippen LogP contribution < -0.4 is 5.32 Å². The van der Waals surface area contributed by atoms with Gasteiger partial charge in [-0.3, -0.25) is 4.79 Å². The maximum atomic E-state index is 13.3. The van der Waals surface area contributed by atoms with Crippen molar-refractivity contribution in [3.63, 3.8) is 0 Å². The molecule has 2 heterocycles.